The molecule has 92 valence electrons. The van der Waals surface area contributed by atoms with Gasteiger partial charge in [0, 0.05) is 6.07 Å². The van der Waals surface area contributed by atoms with E-state index in [2.05, 4.69) is 25.5 Å². The summed E-state index contributed by atoms with van der Waals surface area (Å²) in [5.74, 6) is 0. The van der Waals surface area contributed by atoms with Crippen molar-refractivity contribution in [3.8, 4) is 12.1 Å². The predicted molar refractivity (Wildman–Crippen MR) is 60.7 cm³/mol. The van der Waals surface area contributed by atoms with Gasteiger partial charge < -0.3 is 0 Å². The molecule has 10 nitrogen and oxygen atoms in total. The van der Waals surface area contributed by atoms with Crippen molar-refractivity contribution < 1.29 is 9.55 Å². The highest BCUT2D eigenvalue weighted by molar-refractivity contribution is 6.10. The average molecular weight is 257 g/mol. The lowest BCUT2D eigenvalue weighted by Gasteiger charge is -1.99. The highest BCUT2D eigenvalue weighted by Gasteiger charge is 2.19. The van der Waals surface area contributed by atoms with Crippen LogP contribution in [0.4, 0.5) is 11.4 Å². The number of nitriles is 2. The largest absolute Gasteiger partial charge is 0.300 e. The molecule has 0 radical (unpaired) electrons. The van der Waals surface area contributed by atoms with Gasteiger partial charge in [-0.2, -0.15) is 15.6 Å². The number of nitrogens with one attached hydrogen (secondary N) is 1. The summed E-state index contributed by atoms with van der Waals surface area (Å²) in [5, 5.41) is 38.2. The number of nitrogens with zero attached hydrogens (tertiary/aromatic N) is 6. The number of rotatable bonds is 3. The smallest absolute Gasteiger partial charge is 0.274 e. The number of hydrazone groups is 1. The molecule has 1 heterocycles. The lowest BCUT2D eigenvalue weighted by atomic mass is 10.2. The molecule has 0 atom stereocenters. The van der Waals surface area contributed by atoms with Gasteiger partial charge in [-0.05, 0) is 16.4 Å². The van der Waals surface area contributed by atoms with E-state index in [9.17, 15) is 10.1 Å². The monoisotopic (exact) mass is 257 g/mol. The van der Waals surface area contributed by atoms with Gasteiger partial charge in [-0.3, -0.25) is 15.5 Å². The van der Waals surface area contributed by atoms with Gasteiger partial charge in [0.2, 0.25) is 11.2 Å². The molecule has 0 aliphatic carbocycles. The van der Waals surface area contributed by atoms with Gasteiger partial charge in [0.15, 0.2) is 5.52 Å². The minimum Gasteiger partial charge on any atom is -0.274 e. The number of hydrogen-bond donors (Lipinski definition) is 1. The highest BCUT2D eigenvalue weighted by atomic mass is 16.6. The third-order valence-electron chi connectivity index (χ3n) is 2.09. The molecule has 0 bridgehead atoms. The van der Waals surface area contributed by atoms with Crippen LogP contribution in [0.15, 0.2) is 21.9 Å². The minimum atomic E-state index is -0.629. The zero-order valence-electron chi connectivity index (χ0n) is 9.06. The highest BCUT2D eigenvalue weighted by Crippen LogP contribution is 2.28. The average Bonchev–Trinajstić information content (AvgIpc) is 2.88. The van der Waals surface area contributed by atoms with Crippen LogP contribution in [0.1, 0.15) is 0 Å². The molecular formula is C9H3N7O3. The van der Waals surface area contributed by atoms with Crippen LogP contribution in [-0.4, -0.2) is 20.9 Å². The van der Waals surface area contributed by atoms with E-state index in [4.69, 9.17) is 10.5 Å². The number of fused-ring (bicyclic) bond motifs is 1. The zero-order valence-corrected chi connectivity index (χ0v) is 9.06. The van der Waals surface area contributed by atoms with Crippen molar-refractivity contribution in [3.63, 3.8) is 0 Å². The quantitative estimate of drug-likeness (QED) is 0.484. The van der Waals surface area contributed by atoms with Crippen LogP contribution in [0.2, 0.25) is 0 Å². The Morgan fingerprint density at radius 3 is 2.68 bits per heavy atom. The number of non-ortho nitro benzene ring substituents is 1. The summed E-state index contributed by atoms with van der Waals surface area (Å²) in [4.78, 5) is 10.1. The van der Waals surface area contributed by atoms with Crippen LogP contribution in [-0.2, 0) is 0 Å². The number of aromatic nitrogens is 2. The first-order valence-corrected chi connectivity index (χ1v) is 4.71. The van der Waals surface area contributed by atoms with Gasteiger partial charge in [-0.15, -0.1) is 0 Å². The van der Waals surface area contributed by atoms with Crippen molar-refractivity contribution in [2.24, 2.45) is 5.10 Å². The number of hydrogen-bond acceptors (Lipinski definition) is 9. The maximum Gasteiger partial charge on any atom is 0.300 e. The van der Waals surface area contributed by atoms with Gasteiger partial charge in [-0.25, -0.2) is 4.63 Å². The third kappa shape index (κ3) is 2.13. The molecule has 0 spiro atoms. The second kappa shape index (κ2) is 4.77. The molecule has 10 heteroatoms. The second-order valence-electron chi connectivity index (χ2n) is 3.15. The van der Waals surface area contributed by atoms with Crippen molar-refractivity contribution in [3.05, 3.63) is 22.2 Å². The summed E-state index contributed by atoms with van der Waals surface area (Å²) >= 11 is 0. The Hall–Kier alpha value is -3.53. The predicted octanol–water partition coefficient (Wildman–Crippen LogP) is 0.946. The summed E-state index contributed by atoms with van der Waals surface area (Å²) in [6.45, 7) is 0. The molecule has 0 fully saturated rings. The van der Waals surface area contributed by atoms with Crippen molar-refractivity contribution in [2.45, 2.75) is 0 Å². The van der Waals surface area contributed by atoms with E-state index in [1.807, 2.05) is 0 Å². The molecule has 2 aromatic rings. The van der Waals surface area contributed by atoms with Crippen molar-refractivity contribution in [1.29, 1.82) is 10.5 Å². The molecule has 0 aliphatic heterocycles. The second-order valence-corrected chi connectivity index (χ2v) is 3.15. The lowest BCUT2D eigenvalue weighted by molar-refractivity contribution is -0.383. The first kappa shape index (κ1) is 11.9. The van der Waals surface area contributed by atoms with Gasteiger partial charge in [-0.1, -0.05) is 0 Å². The standard InChI is InChI=1S/C9H3N7O3/c10-3-5(4-11)12-13-6-1-2-7(16(17)18)9-8(6)14-19-15-9/h1-2,13H. The molecule has 0 amide bonds. The van der Waals surface area contributed by atoms with Gasteiger partial charge in [0.25, 0.3) is 0 Å². The molecule has 19 heavy (non-hydrogen) atoms. The lowest BCUT2D eigenvalue weighted by Crippen LogP contribution is -1.98. The van der Waals surface area contributed by atoms with Crippen LogP contribution in [0.5, 0.6) is 0 Å². The Morgan fingerprint density at radius 1 is 1.37 bits per heavy atom. The molecule has 0 unspecified atom stereocenters. The Balaban J connectivity index is 2.48. The number of anilines is 1. The maximum absolute atomic E-state index is 10.7. The van der Waals surface area contributed by atoms with Crippen LogP contribution < -0.4 is 5.43 Å². The first-order chi connectivity index (χ1) is 9.17. The molecule has 1 aromatic heterocycles. The fraction of sp³-hybridized carbons (Fsp3) is 0. The van der Waals surface area contributed by atoms with Crippen LogP contribution in [0, 0.1) is 32.8 Å². The summed E-state index contributed by atoms with van der Waals surface area (Å²) in [7, 11) is 0. The van der Waals surface area contributed by atoms with Gasteiger partial charge in [0.1, 0.15) is 12.1 Å². The Kier molecular flexibility index (Phi) is 3.00. The van der Waals surface area contributed by atoms with E-state index in [1.165, 1.54) is 12.1 Å². The minimum absolute atomic E-state index is 0.0549. The first-order valence-electron chi connectivity index (χ1n) is 4.71. The molecule has 1 aromatic carbocycles. The van der Waals surface area contributed by atoms with E-state index >= 15 is 0 Å². The number of nitro benzene ring substituents is 1. The SMILES string of the molecule is N#CC(C#N)=NNc1ccc([N+](=O)[O-])c2nonc12. The van der Waals surface area contributed by atoms with E-state index in [0.717, 1.165) is 0 Å². The number of benzene rings is 1. The van der Waals surface area contributed by atoms with Gasteiger partial charge in [0.05, 0.1) is 10.6 Å². The summed E-state index contributed by atoms with van der Waals surface area (Å²) in [5.41, 5.74) is 1.98. The topological polar surface area (TPSA) is 154 Å². The van der Waals surface area contributed by atoms with E-state index < -0.39 is 10.6 Å². The third-order valence-corrected chi connectivity index (χ3v) is 2.09. The van der Waals surface area contributed by atoms with E-state index in [-0.39, 0.29) is 22.4 Å². The van der Waals surface area contributed by atoms with Crippen LogP contribution in [0.25, 0.3) is 11.0 Å². The normalized spacial score (nSPS) is 9.37. The molecular weight excluding hydrogens is 254 g/mol. The summed E-state index contributed by atoms with van der Waals surface area (Å²) in [6.07, 6.45) is 0. The Morgan fingerprint density at radius 2 is 2.05 bits per heavy atom. The van der Waals surface area contributed by atoms with Crippen molar-refractivity contribution >= 4 is 28.1 Å². The van der Waals surface area contributed by atoms with Crippen molar-refractivity contribution in [2.75, 3.05) is 5.43 Å². The number of nitro groups is 1. The molecule has 2 rings (SSSR count). The molecule has 0 saturated carbocycles. The Bertz CT molecular complexity index is 748. The summed E-state index contributed by atoms with van der Waals surface area (Å²) in [6, 6.07) is 5.61. The van der Waals surface area contributed by atoms with E-state index in [1.54, 1.807) is 12.1 Å². The summed E-state index contributed by atoms with van der Waals surface area (Å²) < 4.78 is 4.43. The zero-order chi connectivity index (χ0) is 13.8. The maximum atomic E-state index is 10.7. The molecule has 0 aliphatic rings. The fourth-order valence-electron chi connectivity index (χ4n) is 1.28. The van der Waals surface area contributed by atoms with E-state index in [0.29, 0.717) is 0 Å². The Labute approximate surface area is 104 Å². The molecule has 0 saturated heterocycles. The van der Waals surface area contributed by atoms with Crippen molar-refractivity contribution in [1.82, 2.24) is 10.3 Å². The van der Waals surface area contributed by atoms with Crippen LogP contribution in [0.3, 0.4) is 0 Å². The van der Waals surface area contributed by atoms with Crippen LogP contribution >= 0.6 is 0 Å². The fourth-order valence-corrected chi connectivity index (χ4v) is 1.28. The van der Waals surface area contributed by atoms with Gasteiger partial charge >= 0.3 is 5.69 Å². The molecule has 1 N–H and O–H groups in total.